The molecule has 5 rings (SSSR count). The Bertz CT molecular complexity index is 1770. The molecule has 0 aliphatic heterocycles. The Morgan fingerprint density at radius 1 is 0.974 bits per heavy atom. The van der Waals surface area contributed by atoms with Gasteiger partial charge < -0.3 is 4.79 Å². The van der Waals surface area contributed by atoms with Crippen LogP contribution in [0.4, 0.5) is 0 Å². The molecule has 5 aromatic rings. The van der Waals surface area contributed by atoms with E-state index in [0.717, 1.165) is 19.5 Å². The van der Waals surface area contributed by atoms with Gasteiger partial charge in [0.15, 0.2) is 0 Å². The van der Waals surface area contributed by atoms with E-state index in [1.807, 2.05) is 6.07 Å². The van der Waals surface area contributed by atoms with Crippen LogP contribution >= 0.6 is 23.1 Å². The summed E-state index contributed by atoms with van der Waals surface area (Å²) in [5.74, 6) is 0.449. The fourth-order valence-corrected chi connectivity index (χ4v) is 7.14. The molecule has 39 heavy (non-hydrogen) atoms. The summed E-state index contributed by atoms with van der Waals surface area (Å²) in [7, 11) is 1.59. The summed E-state index contributed by atoms with van der Waals surface area (Å²) in [6.07, 6.45) is 0.702. The Labute approximate surface area is 237 Å². The Hall–Kier alpha value is -3.42. The highest BCUT2D eigenvalue weighted by Crippen LogP contribution is 2.41. The molecule has 0 amide bonds. The minimum Gasteiger partial charge on any atom is -0.300 e. The van der Waals surface area contributed by atoms with Crippen LogP contribution in [0.5, 0.6) is 0 Å². The zero-order valence-electron chi connectivity index (χ0n) is 23.3. The van der Waals surface area contributed by atoms with E-state index < -0.39 is 0 Å². The van der Waals surface area contributed by atoms with Crippen molar-refractivity contribution in [1.29, 1.82) is 0 Å². The molecule has 0 bridgehead atoms. The van der Waals surface area contributed by atoms with Crippen molar-refractivity contribution in [2.75, 3.05) is 0 Å². The van der Waals surface area contributed by atoms with Crippen LogP contribution in [0.3, 0.4) is 0 Å². The number of carbonyl (C=O) groups excluding carboxylic acids is 1. The smallest absolute Gasteiger partial charge is 0.300 e. The molecule has 5 nitrogen and oxygen atoms in total. The van der Waals surface area contributed by atoms with Crippen LogP contribution in [-0.4, -0.2) is 14.9 Å². The van der Waals surface area contributed by atoms with Gasteiger partial charge in [-0.05, 0) is 55.2 Å². The number of hydrogen-bond acceptors (Lipinski definition) is 5. The van der Waals surface area contributed by atoms with Crippen molar-refractivity contribution in [3.63, 3.8) is 0 Å². The van der Waals surface area contributed by atoms with Crippen molar-refractivity contribution in [3.05, 3.63) is 104 Å². The van der Waals surface area contributed by atoms with Crippen molar-refractivity contribution in [3.8, 4) is 0 Å². The quantitative estimate of drug-likeness (QED) is 0.221. The van der Waals surface area contributed by atoms with Gasteiger partial charge in [0.25, 0.3) is 5.56 Å². The van der Waals surface area contributed by atoms with Crippen molar-refractivity contribution in [2.45, 2.75) is 57.4 Å². The van der Waals surface area contributed by atoms with Gasteiger partial charge in [0.2, 0.25) is 0 Å². The average molecular weight is 559 g/mol. The Morgan fingerprint density at radius 3 is 2.33 bits per heavy atom. The molecule has 202 valence electrons. The number of thiophene rings is 1. The Kier molecular flexibility index (Phi) is 8.93. The molecule has 0 aliphatic rings. The predicted octanol–water partition coefficient (Wildman–Crippen LogP) is 7.22. The molecular weight excluding hydrogens is 524 g/mol. The van der Waals surface area contributed by atoms with Gasteiger partial charge in [-0.2, -0.15) is 0 Å². The molecule has 7 heteroatoms. The van der Waals surface area contributed by atoms with Gasteiger partial charge in [0.1, 0.15) is 10.6 Å². The first-order valence-corrected chi connectivity index (χ1v) is 14.6. The lowest BCUT2D eigenvalue weighted by molar-refractivity contribution is -0.114. The van der Waals surface area contributed by atoms with E-state index in [2.05, 4.69) is 81.4 Å². The van der Waals surface area contributed by atoms with Gasteiger partial charge in [0, 0.05) is 34.7 Å². The summed E-state index contributed by atoms with van der Waals surface area (Å²) in [4.78, 5) is 40.0. The van der Waals surface area contributed by atoms with Gasteiger partial charge in [0.05, 0.1) is 5.39 Å². The second-order valence-corrected chi connectivity index (χ2v) is 12.5. The molecule has 3 aromatic carbocycles. The van der Waals surface area contributed by atoms with E-state index in [9.17, 15) is 14.4 Å². The number of nitrogens with zero attached hydrogens (tertiary/aromatic N) is 2. The number of carbonyl (C=O) groups is 1. The number of hydrogen-bond donors (Lipinski definition) is 0. The molecule has 0 atom stereocenters. The number of ketones is 1. The maximum Gasteiger partial charge on any atom is 0.331 e. The van der Waals surface area contributed by atoms with Gasteiger partial charge >= 0.3 is 5.69 Å². The third kappa shape index (κ3) is 6.43. The van der Waals surface area contributed by atoms with Crippen molar-refractivity contribution < 1.29 is 4.79 Å². The third-order valence-electron chi connectivity index (χ3n) is 6.18. The zero-order chi connectivity index (χ0) is 28.3. The van der Waals surface area contributed by atoms with Crippen LogP contribution in [0.1, 0.15) is 43.7 Å². The molecule has 0 saturated carbocycles. The van der Waals surface area contributed by atoms with E-state index in [1.54, 1.807) is 34.7 Å². The van der Waals surface area contributed by atoms with Crippen LogP contribution in [0.25, 0.3) is 21.0 Å². The van der Waals surface area contributed by atoms with Crippen molar-refractivity contribution >= 4 is 49.9 Å². The Morgan fingerprint density at radius 2 is 1.64 bits per heavy atom. The fraction of sp³-hybridized carbons (Fsp3) is 0.281. The van der Waals surface area contributed by atoms with Crippen LogP contribution < -0.4 is 11.2 Å². The highest BCUT2D eigenvalue weighted by atomic mass is 32.2. The predicted molar refractivity (Wildman–Crippen MR) is 165 cm³/mol. The minimum absolute atomic E-state index is 0.167. The average Bonchev–Trinajstić information content (AvgIpc) is 3.22. The summed E-state index contributed by atoms with van der Waals surface area (Å²) in [6.45, 7) is 9.89. The molecule has 0 unspecified atom stereocenters. The first-order valence-electron chi connectivity index (χ1n) is 13.0. The lowest BCUT2D eigenvalue weighted by Crippen LogP contribution is -2.38. The Balaban J connectivity index is 0.000000826. The van der Waals surface area contributed by atoms with Crippen LogP contribution in [0.2, 0.25) is 0 Å². The third-order valence-corrected chi connectivity index (χ3v) is 8.67. The van der Waals surface area contributed by atoms with Crippen LogP contribution in [-0.2, 0) is 24.8 Å². The number of rotatable bonds is 6. The summed E-state index contributed by atoms with van der Waals surface area (Å²) in [6, 6.07) is 23.1. The monoisotopic (exact) mass is 558 g/mol. The molecule has 0 N–H and O–H groups in total. The van der Waals surface area contributed by atoms with Crippen LogP contribution in [0.15, 0.2) is 86.1 Å². The van der Waals surface area contributed by atoms with E-state index in [1.165, 1.54) is 40.3 Å². The molecule has 2 aromatic heterocycles. The maximum absolute atomic E-state index is 13.5. The molecule has 0 radical (unpaired) electrons. The highest BCUT2D eigenvalue weighted by molar-refractivity contribution is 7.99. The van der Waals surface area contributed by atoms with E-state index in [-0.39, 0.29) is 23.0 Å². The number of aryl methyl sites for hydroxylation is 1. The van der Waals surface area contributed by atoms with Crippen molar-refractivity contribution in [2.24, 2.45) is 13.0 Å². The second kappa shape index (κ2) is 12.2. The van der Waals surface area contributed by atoms with Crippen molar-refractivity contribution in [1.82, 2.24) is 9.13 Å². The number of fused-ring (bicyclic) bond motifs is 2. The summed E-state index contributed by atoms with van der Waals surface area (Å²) >= 11 is 3.21. The first kappa shape index (κ1) is 28.6. The normalized spacial score (nSPS) is 11.2. The van der Waals surface area contributed by atoms with Gasteiger partial charge in [-0.1, -0.05) is 85.8 Å². The number of Topliss-reactive ketones (excluding diaryl/α,β-unsaturated/α-hetero) is 1. The van der Waals surface area contributed by atoms with Gasteiger partial charge in [-0.15, -0.1) is 11.3 Å². The summed E-state index contributed by atoms with van der Waals surface area (Å²) < 4.78 is 3.05. The minimum atomic E-state index is -0.249. The second-order valence-electron chi connectivity index (χ2n) is 10.3. The van der Waals surface area contributed by atoms with E-state index in [4.69, 9.17) is 0 Å². The van der Waals surface area contributed by atoms with E-state index in [0.29, 0.717) is 18.4 Å². The van der Waals surface area contributed by atoms with Gasteiger partial charge in [-0.25, -0.2) is 4.79 Å². The molecular formula is C32H34N2O3S2. The first-order chi connectivity index (χ1) is 18.6. The molecule has 0 aliphatic carbocycles. The van der Waals surface area contributed by atoms with Gasteiger partial charge in [-0.3, -0.25) is 13.9 Å². The number of aromatic nitrogens is 2. The van der Waals surface area contributed by atoms with Crippen LogP contribution in [0, 0.1) is 12.8 Å². The molecule has 2 heterocycles. The van der Waals surface area contributed by atoms with E-state index >= 15 is 0 Å². The largest absolute Gasteiger partial charge is 0.331 e. The zero-order valence-corrected chi connectivity index (χ0v) is 24.9. The molecule has 0 spiro atoms. The fourth-order valence-electron chi connectivity index (χ4n) is 4.52. The lowest BCUT2D eigenvalue weighted by atomic mass is 10.0. The molecule has 0 saturated heterocycles. The highest BCUT2D eigenvalue weighted by Gasteiger charge is 2.23. The standard InChI is InChI=1S/C29H28N2O2S2.C3H6O/c1-18(2)17-31-28-25(27(32)30(4)29(31)33)26(34-22-13-7-9-19(3)15-22)24(35-28)16-21-12-8-11-20-10-5-6-14-23(20)21;1-3(2)4/h5-15,18H,16-17H2,1-4H3;1-2H3. The summed E-state index contributed by atoms with van der Waals surface area (Å²) in [5.41, 5.74) is 1.92. The summed E-state index contributed by atoms with van der Waals surface area (Å²) in [5, 5.41) is 3.07. The lowest BCUT2D eigenvalue weighted by Gasteiger charge is -2.12. The SMILES string of the molecule is CC(C)=O.Cc1cccc(Sc2c(Cc3cccc4ccccc34)sc3c2c(=O)n(C)c(=O)n3CC(C)C)c1. The maximum atomic E-state index is 13.5. The topological polar surface area (TPSA) is 61.1 Å². The molecule has 0 fully saturated rings. The number of benzene rings is 3.